The number of carbonyl (C=O) groups excluding carboxylic acids is 1. The fraction of sp³-hybridized carbons (Fsp3) is 0.778. The molecule has 0 bridgehead atoms. The highest BCUT2D eigenvalue weighted by molar-refractivity contribution is 5.80. The molecule has 1 saturated carbocycles. The first-order valence-corrected chi connectivity index (χ1v) is 4.82. The Morgan fingerprint density at radius 2 is 1.93 bits per heavy atom. The van der Waals surface area contributed by atoms with Crippen LogP contribution in [-0.2, 0) is 4.79 Å². The lowest BCUT2D eigenvalue weighted by Gasteiger charge is -2.30. The first-order valence-electron chi connectivity index (χ1n) is 4.82. The number of nitrogens with zero attached hydrogens (tertiary/aromatic N) is 1. The first-order chi connectivity index (χ1) is 6.55. The van der Waals surface area contributed by atoms with Gasteiger partial charge in [0.05, 0.1) is 0 Å². The fourth-order valence-electron chi connectivity index (χ4n) is 2.45. The summed E-state index contributed by atoms with van der Waals surface area (Å²) in [6.07, 6.45) is 1.56. The number of nitrogens with two attached hydrogens (primary N) is 1. The first kappa shape index (κ1) is 9.30. The highest BCUT2D eigenvalue weighted by atomic mass is 16.4. The molecular weight excluding hydrogens is 184 g/mol. The van der Waals surface area contributed by atoms with Crippen molar-refractivity contribution in [1.29, 1.82) is 0 Å². The van der Waals surface area contributed by atoms with Gasteiger partial charge in [0, 0.05) is 19.0 Å². The Balaban J connectivity index is 1.92. The summed E-state index contributed by atoms with van der Waals surface area (Å²) in [6.45, 7) is 1.08. The Morgan fingerprint density at radius 1 is 1.36 bits per heavy atom. The van der Waals surface area contributed by atoms with E-state index in [1.54, 1.807) is 0 Å². The molecule has 1 aliphatic heterocycles. The SMILES string of the molecule is NC(=O)C1CC12CCN(C(=O)O)CC2. The molecule has 0 aromatic heterocycles. The molecule has 1 unspecified atom stereocenters. The zero-order valence-corrected chi connectivity index (χ0v) is 7.90. The number of hydrogen-bond acceptors (Lipinski definition) is 2. The minimum Gasteiger partial charge on any atom is -0.465 e. The Hall–Kier alpha value is -1.26. The van der Waals surface area contributed by atoms with Crippen molar-refractivity contribution in [1.82, 2.24) is 4.90 Å². The summed E-state index contributed by atoms with van der Waals surface area (Å²) < 4.78 is 0. The third kappa shape index (κ3) is 1.32. The normalized spacial score (nSPS) is 28.9. The predicted octanol–water partition coefficient (Wildman–Crippen LogP) is 0.252. The van der Waals surface area contributed by atoms with Gasteiger partial charge in [0.1, 0.15) is 0 Å². The number of carboxylic acid groups (broad SMARTS) is 1. The van der Waals surface area contributed by atoms with Crippen LogP contribution in [0.1, 0.15) is 19.3 Å². The molecule has 1 atom stereocenters. The van der Waals surface area contributed by atoms with Crippen LogP contribution in [0.4, 0.5) is 4.79 Å². The lowest BCUT2D eigenvalue weighted by Crippen LogP contribution is -2.39. The molecule has 3 N–H and O–H groups in total. The lowest BCUT2D eigenvalue weighted by molar-refractivity contribution is -0.120. The van der Waals surface area contributed by atoms with E-state index < -0.39 is 6.09 Å². The second kappa shape index (κ2) is 2.87. The molecule has 2 aliphatic rings. The summed E-state index contributed by atoms with van der Waals surface area (Å²) in [5, 5.41) is 8.74. The zero-order chi connectivity index (χ0) is 10.3. The maximum absolute atomic E-state index is 10.9. The summed E-state index contributed by atoms with van der Waals surface area (Å²) in [4.78, 5) is 23.0. The summed E-state index contributed by atoms with van der Waals surface area (Å²) in [6, 6.07) is 0. The third-order valence-corrected chi connectivity index (χ3v) is 3.56. The van der Waals surface area contributed by atoms with Gasteiger partial charge in [-0.25, -0.2) is 4.79 Å². The summed E-state index contributed by atoms with van der Waals surface area (Å²) in [7, 11) is 0. The Morgan fingerprint density at radius 3 is 2.29 bits per heavy atom. The summed E-state index contributed by atoms with van der Waals surface area (Å²) >= 11 is 0. The van der Waals surface area contributed by atoms with Crippen LogP contribution in [0, 0.1) is 11.3 Å². The molecule has 1 spiro atoms. The number of amides is 2. The van der Waals surface area contributed by atoms with Crippen molar-refractivity contribution in [2.24, 2.45) is 17.1 Å². The maximum Gasteiger partial charge on any atom is 0.407 e. The van der Waals surface area contributed by atoms with Crippen LogP contribution in [0.25, 0.3) is 0 Å². The van der Waals surface area contributed by atoms with Crippen molar-refractivity contribution >= 4 is 12.0 Å². The quantitative estimate of drug-likeness (QED) is 0.633. The van der Waals surface area contributed by atoms with Gasteiger partial charge in [-0.15, -0.1) is 0 Å². The molecule has 78 valence electrons. The maximum atomic E-state index is 10.9. The number of piperidine rings is 1. The minimum atomic E-state index is -0.865. The van der Waals surface area contributed by atoms with Gasteiger partial charge < -0.3 is 15.7 Å². The molecular formula is C9H14N2O3. The van der Waals surface area contributed by atoms with Crippen molar-refractivity contribution in [3.8, 4) is 0 Å². The van der Waals surface area contributed by atoms with Crippen LogP contribution < -0.4 is 5.73 Å². The molecule has 2 rings (SSSR count). The van der Waals surface area contributed by atoms with E-state index in [2.05, 4.69) is 0 Å². The topological polar surface area (TPSA) is 83.6 Å². The van der Waals surface area contributed by atoms with Crippen LogP contribution >= 0.6 is 0 Å². The van der Waals surface area contributed by atoms with Gasteiger partial charge in [0.15, 0.2) is 0 Å². The molecule has 0 radical (unpaired) electrons. The number of rotatable bonds is 1. The van der Waals surface area contributed by atoms with Gasteiger partial charge in [-0.2, -0.15) is 0 Å². The van der Waals surface area contributed by atoms with Gasteiger partial charge in [-0.3, -0.25) is 4.79 Å². The Bertz CT molecular complexity index is 282. The van der Waals surface area contributed by atoms with Crippen molar-refractivity contribution in [3.63, 3.8) is 0 Å². The number of carbonyl (C=O) groups is 2. The number of primary amides is 1. The molecule has 1 heterocycles. The zero-order valence-electron chi connectivity index (χ0n) is 7.90. The van der Waals surface area contributed by atoms with Gasteiger partial charge in [-0.05, 0) is 24.7 Å². The van der Waals surface area contributed by atoms with E-state index in [9.17, 15) is 9.59 Å². The molecule has 5 nitrogen and oxygen atoms in total. The number of hydrogen-bond donors (Lipinski definition) is 2. The summed E-state index contributed by atoms with van der Waals surface area (Å²) in [5.74, 6) is -0.229. The molecule has 2 fully saturated rings. The van der Waals surface area contributed by atoms with E-state index in [0.29, 0.717) is 13.1 Å². The van der Waals surface area contributed by atoms with Crippen molar-refractivity contribution in [3.05, 3.63) is 0 Å². The largest absolute Gasteiger partial charge is 0.465 e. The monoisotopic (exact) mass is 198 g/mol. The van der Waals surface area contributed by atoms with Crippen LogP contribution in [-0.4, -0.2) is 35.1 Å². The average molecular weight is 198 g/mol. The van der Waals surface area contributed by atoms with E-state index in [0.717, 1.165) is 19.3 Å². The van der Waals surface area contributed by atoms with Crippen LogP contribution in [0.15, 0.2) is 0 Å². The van der Waals surface area contributed by atoms with Crippen LogP contribution in [0.5, 0.6) is 0 Å². The van der Waals surface area contributed by atoms with Gasteiger partial charge >= 0.3 is 6.09 Å². The second-order valence-electron chi connectivity index (χ2n) is 4.29. The molecule has 5 heteroatoms. The average Bonchev–Trinajstić information content (AvgIpc) is 2.80. The molecule has 0 aromatic carbocycles. The molecule has 0 aromatic rings. The minimum absolute atomic E-state index is 0.00144. The van der Waals surface area contributed by atoms with Gasteiger partial charge in [-0.1, -0.05) is 0 Å². The Kier molecular flexibility index (Phi) is 1.90. The molecule has 1 aliphatic carbocycles. The van der Waals surface area contributed by atoms with E-state index in [4.69, 9.17) is 10.8 Å². The molecule has 14 heavy (non-hydrogen) atoms. The smallest absolute Gasteiger partial charge is 0.407 e. The summed E-state index contributed by atoms with van der Waals surface area (Å²) in [5.41, 5.74) is 5.28. The van der Waals surface area contributed by atoms with Crippen molar-refractivity contribution in [2.45, 2.75) is 19.3 Å². The van der Waals surface area contributed by atoms with E-state index in [1.165, 1.54) is 4.90 Å². The highest BCUT2D eigenvalue weighted by Crippen LogP contribution is 2.59. The highest BCUT2D eigenvalue weighted by Gasteiger charge is 2.58. The van der Waals surface area contributed by atoms with Crippen molar-refractivity contribution < 1.29 is 14.7 Å². The molecule has 2 amide bonds. The van der Waals surface area contributed by atoms with E-state index in [1.807, 2.05) is 0 Å². The van der Waals surface area contributed by atoms with Crippen LogP contribution in [0.2, 0.25) is 0 Å². The van der Waals surface area contributed by atoms with E-state index in [-0.39, 0.29) is 17.2 Å². The van der Waals surface area contributed by atoms with Gasteiger partial charge in [0.2, 0.25) is 5.91 Å². The Labute approximate surface area is 81.9 Å². The van der Waals surface area contributed by atoms with Gasteiger partial charge in [0.25, 0.3) is 0 Å². The van der Waals surface area contributed by atoms with Crippen molar-refractivity contribution in [2.75, 3.05) is 13.1 Å². The standard InChI is InChI=1S/C9H14N2O3/c10-7(12)6-5-9(6)1-3-11(4-2-9)8(13)14/h6H,1-5H2,(H2,10,12)(H,13,14). The van der Waals surface area contributed by atoms with Crippen LogP contribution in [0.3, 0.4) is 0 Å². The van der Waals surface area contributed by atoms with E-state index >= 15 is 0 Å². The molecule has 1 saturated heterocycles. The lowest BCUT2D eigenvalue weighted by atomic mass is 9.91. The third-order valence-electron chi connectivity index (χ3n) is 3.56. The second-order valence-corrected chi connectivity index (χ2v) is 4.29. The number of likely N-dealkylation sites (tertiary alicyclic amines) is 1. The fourth-order valence-corrected chi connectivity index (χ4v) is 2.45. The predicted molar refractivity (Wildman–Crippen MR) is 48.6 cm³/mol.